The number of halogens is 2. The van der Waals surface area contributed by atoms with E-state index in [-0.39, 0.29) is 0 Å². The molecule has 0 aliphatic rings. The molecule has 1 aromatic rings. The van der Waals surface area contributed by atoms with Crippen molar-refractivity contribution >= 4 is 23.2 Å². The molecule has 0 aliphatic heterocycles. The van der Waals surface area contributed by atoms with Crippen LogP contribution in [0.15, 0.2) is 12.1 Å². The average molecular weight is 220 g/mol. The molecule has 0 atom stereocenters. The van der Waals surface area contributed by atoms with Crippen LogP contribution in [0.4, 0.5) is 0 Å². The van der Waals surface area contributed by atoms with Crippen molar-refractivity contribution in [1.29, 1.82) is 0 Å². The van der Waals surface area contributed by atoms with Gasteiger partial charge < -0.3 is 4.74 Å². The van der Waals surface area contributed by atoms with Crippen LogP contribution in [0.2, 0.25) is 10.2 Å². The molecule has 0 fully saturated rings. The smallest absolute Gasteiger partial charge is 0.147 e. The van der Waals surface area contributed by atoms with Gasteiger partial charge in [0, 0.05) is 18.7 Å². The first-order valence-corrected chi connectivity index (χ1v) is 4.88. The number of rotatable bonds is 4. The molecule has 0 aromatic carbocycles. The molecule has 1 heterocycles. The van der Waals surface area contributed by atoms with Crippen molar-refractivity contribution in [3.05, 3.63) is 28.0 Å². The molecule has 4 heteroatoms. The number of aromatic nitrogens is 1. The van der Waals surface area contributed by atoms with Crippen LogP contribution in [0.25, 0.3) is 0 Å². The summed E-state index contributed by atoms with van der Waals surface area (Å²) in [5.41, 5.74) is 0.905. The van der Waals surface area contributed by atoms with Gasteiger partial charge in [0.2, 0.25) is 0 Å². The van der Waals surface area contributed by atoms with E-state index in [4.69, 9.17) is 27.9 Å². The lowest BCUT2D eigenvalue weighted by molar-refractivity contribution is 0.150. The Morgan fingerprint density at radius 2 is 2.15 bits per heavy atom. The second kappa shape index (κ2) is 5.43. The maximum absolute atomic E-state index is 5.74. The number of ether oxygens (including phenoxy) is 1. The quantitative estimate of drug-likeness (QED) is 0.574. The zero-order valence-corrected chi connectivity index (χ0v) is 8.90. The first-order chi connectivity index (χ1) is 6.24. The highest BCUT2D eigenvalue weighted by Gasteiger charge is 2.00. The number of nitrogens with zero attached hydrogens (tertiary/aromatic N) is 1. The Labute approximate surface area is 87.8 Å². The van der Waals surface area contributed by atoms with Gasteiger partial charge in [-0.15, -0.1) is 0 Å². The first kappa shape index (κ1) is 10.8. The predicted molar refractivity (Wildman–Crippen MR) is 54.5 cm³/mol. The first-order valence-electron chi connectivity index (χ1n) is 4.12. The summed E-state index contributed by atoms with van der Waals surface area (Å²) in [7, 11) is 0. The Balaban J connectivity index is 2.53. The molecule has 72 valence electrons. The largest absolute Gasteiger partial charge is 0.381 e. The molecule has 0 aliphatic carbocycles. The van der Waals surface area contributed by atoms with E-state index in [1.807, 2.05) is 13.0 Å². The molecular weight excluding hydrogens is 209 g/mol. The molecule has 0 saturated heterocycles. The van der Waals surface area contributed by atoms with Gasteiger partial charge in [-0.1, -0.05) is 23.2 Å². The van der Waals surface area contributed by atoms with Gasteiger partial charge in [-0.25, -0.2) is 4.98 Å². The van der Waals surface area contributed by atoms with Crippen LogP contribution >= 0.6 is 23.2 Å². The van der Waals surface area contributed by atoms with E-state index in [2.05, 4.69) is 4.98 Å². The minimum Gasteiger partial charge on any atom is -0.381 e. The van der Waals surface area contributed by atoms with Crippen molar-refractivity contribution in [3.63, 3.8) is 0 Å². The van der Waals surface area contributed by atoms with E-state index in [0.717, 1.165) is 18.7 Å². The van der Waals surface area contributed by atoms with Crippen molar-refractivity contribution in [2.45, 2.75) is 13.3 Å². The van der Waals surface area contributed by atoms with Gasteiger partial charge in [0.25, 0.3) is 0 Å². The Morgan fingerprint density at radius 1 is 1.38 bits per heavy atom. The number of hydrogen-bond donors (Lipinski definition) is 0. The van der Waals surface area contributed by atoms with Crippen molar-refractivity contribution in [2.75, 3.05) is 13.2 Å². The van der Waals surface area contributed by atoms with Crippen molar-refractivity contribution < 1.29 is 4.74 Å². The monoisotopic (exact) mass is 219 g/mol. The standard InChI is InChI=1S/C9H11Cl2NO/c1-2-13-6-5-7-3-4-8(10)9(11)12-7/h3-4H,2,5-6H2,1H3. The molecule has 1 rings (SSSR count). The summed E-state index contributed by atoms with van der Waals surface area (Å²) < 4.78 is 5.19. The van der Waals surface area contributed by atoms with E-state index in [1.165, 1.54) is 0 Å². The van der Waals surface area contributed by atoms with E-state index in [1.54, 1.807) is 6.07 Å². The second-order valence-electron chi connectivity index (χ2n) is 2.52. The summed E-state index contributed by atoms with van der Waals surface area (Å²) in [6, 6.07) is 3.60. The van der Waals surface area contributed by atoms with Gasteiger partial charge in [-0.05, 0) is 19.1 Å². The fourth-order valence-corrected chi connectivity index (χ4v) is 1.19. The van der Waals surface area contributed by atoms with Crippen molar-refractivity contribution in [1.82, 2.24) is 4.98 Å². The Hall–Kier alpha value is -0.310. The number of pyridine rings is 1. The van der Waals surface area contributed by atoms with E-state index in [0.29, 0.717) is 16.8 Å². The third-order valence-corrected chi connectivity index (χ3v) is 2.26. The van der Waals surface area contributed by atoms with Crippen LogP contribution in [0.1, 0.15) is 12.6 Å². The summed E-state index contributed by atoms with van der Waals surface area (Å²) in [6.45, 7) is 3.35. The van der Waals surface area contributed by atoms with Crippen LogP contribution in [0.3, 0.4) is 0 Å². The minimum atomic E-state index is 0.357. The molecular formula is C9H11Cl2NO. The van der Waals surface area contributed by atoms with Crippen LogP contribution < -0.4 is 0 Å². The summed E-state index contributed by atoms with van der Waals surface area (Å²) in [5, 5.41) is 0.845. The summed E-state index contributed by atoms with van der Waals surface area (Å²) in [6.07, 6.45) is 0.769. The minimum absolute atomic E-state index is 0.357. The van der Waals surface area contributed by atoms with E-state index >= 15 is 0 Å². The fourth-order valence-electron chi connectivity index (χ4n) is 0.915. The normalized spacial score (nSPS) is 10.4. The Kier molecular flexibility index (Phi) is 4.50. The van der Waals surface area contributed by atoms with Crippen molar-refractivity contribution in [2.24, 2.45) is 0 Å². The highest BCUT2D eigenvalue weighted by Crippen LogP contribution is 2.19. The lowest BCUT2D eigenvalue weighted by Gasteiger charge is -2.02. The molecule has 0 amide bonds. The molecule has 0 bridgehead atoms. The molecule has 0 radical (unpaired) electrons. The van der Waals surface area contributed by atoms with E-state index < -0.39 is 0 Å². The predicted octanol–water partition coefficient (Wildman–Crippen LogP) is 2.97. The lowest BCUT2D eigenvalue weighted by atomic mass is 10.3. The third-order valence-electron chi connectivity index (χ3n) is 1.57. The maximum atomic E-state index is 5.74. The average Bonchev–Trinajstić information content (AvgIpc) is 2.12. The Bertz CT molecular complexity index is 278. The van der Waals surface area contributed by atoms with Gasteiger partial charge >= 0.3 is 0 Å². The van der Waals surface area contributed by atoms with Crippen LogP contribution in [-0.4, -0.2) is 18.2 Å². The summed E-state index contributed by atoms with van der Waals surface area (Å²) >= 11 is 11.5. The zero-order chi connectivity index (χ0) is 9.68. The van der Waals surface area contributed by atoms with Gasteiger partial charge in [0.15, 0.2) is 0 Å². The maximum Gasteiger partial charge on any atom is 0.147 e. The highest BCUT2D eigenvalue weighted by molar-refractivity contribution is 6.41. The molecule has 0 unspecified atom stereocenters. The molecule has 2 nitrogen and oxygen atoms in total. The van der Waals surface area contributed by atoms with Gasteiger partial charge in [-0.3, -0.25) is 0 Å². The van der Waals surface area contributed by atoms with Gasteiger partial charge in [-0.2, -0.15) is 0 Å². The second-order valence-corrected chi connectivity index (χ2v) is 3.29. The van der Waals surface area contributed by atoms with Crippen LogP contribution in [0, 0.1) is 0 Å². The van der Waals surface area contributed by atoms with Crippen LogP contribution in [0.5, 0.6) is 0 Å². The molecule has 0 spiro atoms. The lowest BCUT2D eigenvalue weighted by Crippen LogP contribution is -1.99. The molecule has 1 aromatic heterocycles. The molecule has 0 N–H and O–H groups in total. The fraction of sp³-hybridized carbons (Fsp3) is 0.444. The Morgan fingerprint density at radius 3 is 2.77 bits per heavy atom. The summed E-state index contributed by atoms with van der Waals surface area (Å²) in [5.74, 6) is 0. The number of hydrogen-bond acceptors (Lipinski definition) is 2. The molecule has 13 heavy (non-hydrogen) atoms. The van der Waals surface area contributed by atoms with Gasteiger partial charge in [0.1, 0.15) is 5.15 Å². The topological polar surface area (TPSA) is 22.1 Å². The third kappa shape index (κ3) is 3.51. The van der Waals surface area contributed by atoms with Gasteiger partial charge in [0.05, 0.1) is 11.6 Å². The zero-order valence-electron chi connectivity index (χ0n) is 7.39. The van der Waals surface area contributed by atoms with E-state index in [9.17, 15) is 0 Å². The molecule has 0 saturated carbocycles. The SMILES string of the molecule is CCOCCc1ccc(Cl)c(Cl)n1. The van der Waals surface area contributed by atoms with Crippen molar-refractivity contribution in [3.8, 4) is 0 Å². The summed E-state index contributed by atoms with van der Waals surface area (Å²) in [4.78, 5) is 4.10. The highest BCUT2D eigenvalue weighted by atomic mass is 35.5. The van der Waals surface area contributed by atoms with Crippen LogP contribution in [-0.2, 0) is 11.2 Å².